The van der Waals surface area contributed by atoms with E-state index in [1.807, 2.05) is 32.0 Å². The predicted molar refractivity (Wildman–Crippen MR) is 70.0 cm³/mol. The monoisotopic (exact) mass is 230 g/mol. The molecule has 0 unspecified atom stereocenters. The fourth-order valence-corrected chi connectivity index (χ4v) is 1.70. The second-order valence-electron chi connectivity index (χ2n) is 4.16. The van der Waals surface area contributed by atoms with Crippen molar-refractivity contribution in [2.24, 2.45) is 0 Å². The van der Waals surface area contributed by atoms with Crippen molar-refractivity contribution < 1.29 is 4.39 Å². The first-order chi connectivity index (χ1) is 8.06. The molecule has 2 rings (SSSR count). The molecule has 0 spiro atoms. The molecule has 2 nitrogen and oxygen atoms in total. The lowest BCUT2D eigenvalue weighted by Crippen LogP contribution is -1.97. The number of nitrogens with two attached hydrogens (primary N) is 1. The van der Waals surface area contributed by atoms with Gasteiger partial charge in [0.25, 0.3) is 0 Å². The number of anilines is 3. The van der Waals surface area contributed by atoms with E-state index < -0.39 is 0 Å². The second kappa shape index (κ2) is 4.45. The van der Waals surface area contributed by atoms with Crippen molar-refractivity contribution >= 4 is 17.1 Å². The third-order valence-corrected chi connectivity index (χ3v) is 2.72. The highest BCUT2D eigenvalue weighted by Gasteiger charge is 2.03. The van der Waals surface area contributed by atoms with Gasteiger partial charge in [0.05, 0.1) is 0 Å². The Labute approximate surface area is 100 Å². The summed E-state index contributed by atoms with van der Waals surface area (Å²) in [6.45, 7) is 3.90. The number of nitrogen functional groups attached to an aromatic ring is 1. The highest BCUT2D eigenvalue weighted by Crippen LogP contribution is 2.25. The number of hydrogen-bond donors (Lipinski definition) is 2. The first-order valence-corrected chi connectivity index (χ1v) is 5.45. The van der Waals surface area contributed by atoms with Crippen LogP contribution in [0.3, 0.4) is 0 Å². The van der Waals surface area contributed by atoms with Crippen molar-refractivity contribution in [2.45, 2.75) is 13.8 Å². The summed E-state index contributed by atoms with van der Waals surface area (Å²) in [5.41, 5.74) is 10.2. The van der Waals surface area contributed by atoms with Gasteiger partial charge in [-0.25, -0.2) is 4.39 Å². The predicted octanol–water partition coefficient (Wildman–Crippen LogP) is 3.77. The number of aryl methyl sites for hydroxylation is 2. The minimum absolute atomic E-state index is 0.244. The van der Waals surface area contributed by atoms with Gasteiger partial charge in [0.2, 0.25) is 0 Å². The summed E-state index contributed by atoms with van der Waals surface area (Å²) >= 11 is 0. The van der Waals surface area contributed by atoms with E-state index in [0.29, 0.717) is 0 Å². The highest BCUT2D eigenvalue weighted by molar-refractivity contribution is 5.67. The van der Waals surface area contributed by atoms with Gasteiger partial charge in [-0.15, -0.1) is 0 Å². The molecule has 88 valence electrons. The molecule has 17 heavy (non-hydrogen) atoms. The smallest absolute Gasteiger partial charge is 0.125 e. The Kier molecular flexibility index (Phi) is 3.00. The van der Waals surface area contributed by atoms with Crippen LogP contribution in [0.5, 0.6) is 0 Å². The van der Waals surface area contributed by atoms with Crippen molar-refractivity contribution in [3.63, 3.8) is 0 Å². The lowest BCUT2D eigenvalue weighted by atomic mass is 10.1. The van der Waals surface area contributed by atoms with E-state index in [9.17, 15) is 4.39 Å². The zero-order chi connectivity index (χ0) is 12.4. The zero-order valence-corrected chi connectivity index (χ0v) is 9.92. The van der Waals surface area contributed by atoms with Crippen LogP contribution < -0.4 is 11.1 Å². The van der Waals surface area contributed by atoms with Crippen LogP contribution in [0.4, 0.5) is 21.5 Å². The molecule has 0 aliphatic carbocycles. The largest absolute Gasteiger partial charge is 0.399 e. The number of benzene rings is 2. The molecule has 0 amide bonds. The van der Waals surface area contributed by atoms with Crippen molar-refractivity contribution in [3.8, 4) is 0 Å². The van der Waals surface area contributed by atoms with E-state index in [4.69, 9.17) is 5.73 Å². The Hall–Kier alpha value is -2.03. The van der Waals surface area contributed by atoms with E-state index in [2.05, 4.69) is 5.32 Å². The molecule has 0 radical (unpaired) electrons. The maximum atomic E-state index is 13.2. The SMILES string of the molecule is Cc1cc(N)ccc1Nc1cc(F)ccc1C. The molecule has 0 aliphatic rings. The maximum Gasteiger partial charge on any atom is 0.125 e. The molecule has 3 heteroatoms. The molecule has 0 fully saturated rings. The molecular weight excluding hydrogens is 215 g/mol. The minimum Gasteiger partial charge on any atom is -0.399 e. The fraction of sp³-hybridized carbons (Fsp3) is 0.143. The van der Waals surface area contributed by atoms with Gasteiger partial charge in [0, 0.05) is 17.1 Å². The third-order valence-electron chi connectivity index (χ3n) is 2.72. The van der Waals surface area contributed by atoms with Crippen LogP contribution in [0, 0.1) is 19.7 Å². The first kappa shape index (κ1) is 11.5. The Morgan fingerprint density at radius 1 is 0.941 bits per heavy atom. The molecule has 2 aromatic carbocycles. The van der Waals surface area contributed by atoms with E-state index >= 15 is 0 Å². The summed E-state index contributed by atoms with van der Waals surface area (Å²) in [5.74, 6) is -0.244. The fourth-order valence-electron chi connectivity index (χ4n) is 1.70. The quantitative estimate of drug-likeness (QED) is 0.771. The standard InChI is InChI=1S/C14H15FN2/c1-9-3-4-11(15)8-14(9)17-13-6-5-12(16)7-10(13)2/h3-8,17H,16H2,1-2H3. The molecular formula is C14H15FN2. The van der Waals surface area contributed by atoms with Crippen LogP contribution >= 0.6 is 0 Å². The van der Waals surface area contributed by atoms with Crippen molar-refractivity contribution in [3.05, 3.63) is 53.3 Å². The third kappa shape index (κ3) is 2.56. The average molecular weight is 230 g/mol. The minimum atomic E-state index is -0.244. The second-order valence-corrected chi connectivity index (χ2v) is 4.16. The summed E-state index contributed by atoms with van der Waals surface area (Å²) in [5, 5.41) is 3.21. The van der Waals surface area contributed by atoms with Gasteiger partial charge in [-0.1, -0.05) is 6.07 Å². The summed E-state index contributed by atoms with van der Waals surface area (Å²) < 4.78 is 13.2. The number of rotatable bonds is 2. The van der Waals surface area contributed by atoms with Gasteiger partial charge in [-0.2, -0.15) is 0 Å². The number of hydrogen-bond acceptors (Lipinski definition) is 2. The summed E-state index contributed by atoms with van der Waals surface area (Å²) in [7, 11) is 0. The maximum absolute atomic E-state index is 13.2. The average Bonchev–Trinajstić information content (AvgIpc) is 2.27. The highest BCUT2D eigenvalue weighted by atomic mass is 19.1. The van der Waals surface area contributed by atoms with Crippen LogP contribution in [0.2, 0.25) is 0 Å². The van der Waals surface area contributed by atoms with Gasteiger partial charge in [0.15, 0.2) is 0 Å². The summed E-state index contributed by atoms with van der Waals surface area (Å²) in [4.78, 5) is 0. The first-order valence-electron chi connectivity index (χ1n) is 5.45. The van der Waals surface area contributed by atoms with Crippen LogP contribution in [-0.2, 0) is 0 Å². The van der Waals surface area contributed by atoms with Gasteiger partial charge in [-0.05, 0) is 55.3 Å². The number of halogens is 1. The Balaban J connectivity index is 2.34. The molecule has 0 heterocycles. The molecule has 0 aromatic heterocycles. The van der Waals surface area contributed by atoms with E-state index in [-0.39, 0.29) is 5.82 Å². The molecule has 0 saturated carbocycles. The van der Waals surface area contributed by atoms with E-state index in [1.165, 1.54) is 12.1 Å². The van der Waals surface area contributed by atoms with E-state index in [1.54, 1.807) is 6.07 Å². The Bertz CT molecular complexity index is 550. The molecule has 0 aliphatic heterocycles. The topological polar surface area (TPSA) is 38.0 Å². The molecule has 0 saturated heterocycles. The molecule has 3 N–H and O–H groups in total. The van der Waals surface area contributed by atoms with Crippen LogP contribution in [0.1, 0.15) is 11.1 Å². The zero-order valence-electron chi connectivity index (χ0n) is 9.92. The van der Waals surface area contributed by atoms with Crippen LogP contribution in [0.15, 0.2) is 36.4 Å². The van der Waals surface area contributed by atoms with Crippen LogP contribution in [-0.4, -0.2) is 0 Å². The van der Waals surface area contributed by atoms with Crippen molar-refractivity contribution in [1.82, 2.24) is 0 Å². The van der Waals surface area contributed by atoms with Gasteiger partial charge >= 0.3 is 0 Å². The van der Waals surface area contributed by atoms with Gasteiger partial charge < -0.3 is 11.1 Å². The normalized spacial score (nSPS) is 10.3. The Morgan fingerprint density at radius 2 is 1.71 bits per heavy atom. The summed E-state index contributed by atoms with van der Waals surface area (Å²) in [6.07, 6.45) is 0. The lowest BCUT2D eigenvalue weighted by molar-refractivity contribution is 0.628. The lowest BCUT2D eigenvalue weighted by Gasteiger charge is -2.12. The van der Waals surface area contributed by atoms with Gasteiger partial charge in [-0.3, -0.25) is 0 Å². The van der Waals surface area contributed by atoms with Crippen molar-refractivity contribution in [2.75, 3.05) is 11.1 Å². The Morgan fingerprint density at radius 3 is 2.41 bits per heavy atom. The summed E-state index contributed by atoms with van der Waals surface area (Å²) in [6, 6.07) is 10.3. The van der Waals surface area contributed by atoms with Crippen LogP contribution in [0.25, 0.3) is 0 Å². The molecule has 2 aromatic rings. The van der Waals surface area contributed by atoms with Gasteiger partial charge in [0.1, 0.15) is 5.82 Å². The number of nitrogens with one attached hydrogen (secondary N) is 1. The van der Waals surface area contributed by atoms with Crippen molar-refractivity contribution in [1.29, 1.82) is 0 Å². The molecule has 0 atom stereocenters. The van der Waals surface area contributed by atoms with E-state index in [0.717, 1.165) is 28.2 Å². The molecule has 0 bridgehead atoms.